The molecule has 0 aliphatic heterocycles. The molecule has 3 aromatic rings. The van der Waals surface area contributed by atoms with Crippen LogP contribution in [0.4, 0.5) is 5.69 Å². The molecule has 3 nitrogen and oxygen atoms in total. The molecule has 0 amide bonds. The van der Waals surface area contributed by atoms with Crippen LogP contribution in [0.5, 0.6) is 0 Å². The summed E-state index contributed by atoms with van der Waals surface area (Å²) in [6.45, 7) is 0. The molecule has 0 N–H and O–H groups in total. The van der Waals surface area contributed by atoms with E-state index in [-0.39, 0.29) is 10.6 Å². The zero-order valence-electron chi connectivity index (χ0n) is 11.6. The highest BCUT2D eigenvalue weighted by Gasteiger charge is 2.19. The fourth-order valence-electron chi connectivity index (χ4n) is 2.51. The predicted molar refractivity (Wildman–Crippen MR) is 89.0 cm³/mol. The molecule has 0 aliphatic rings. The highest BCUT2D eigenvalue weighted by Crippen LogP contribution is 2.40. The van der Waals surface area contributed by atoms with Crippen LogP contribution in [0.2, 0.25) is 5.02 Å². The fraction of sp³-hybridized carbons (Fsp3) is 0. The fourth-order valence-corrected chi connectivity index (χ4v) is 2.79. The van der Waals surface area contributed by atoms with Gasteiger partial charge in [0.2, 0.25) is 0 Å². The lowest BCUT2D eigenvalue weighted by Gasteiger charge is -2.12. The maximum atomic E-state index is 11.3. The lowest BCUT2D eigenvalue weighted by molar-refractivity contribution is -0.384. The summed E-state index contributed by atoms with van der Waals surface area (Å²) in [5.74, 6) is 0. The van der Waals surface area contributed by atoms with Gasteiger partial charge in [-0.1, -0.05) is 66.2 Å². The third kappa shape index (κ3) is 2.59. The van der Waals surface area contributed by atoms with Gasteiger partial charge < -0.3 is 0 Å². The van der Waals surface area contributed by atoms with E-state index in [4.69, 9.17) is 11.6 Å². The summed E-state index contributed by atoms with van der Waals surface area (Å²) in [4.78, 5) is 10.9. The van der Waals surface area contributed by atoms with Gasteiger partial charge >= 0.3 is 0 Å². The van der Waals surface area contributed by atoms with Crippen LogP contribution in [0.1, 0.15) is 0 Å². The van der Waals surface area contributed by atoms with Gasteiger partial charge in [0.1, 0.15) is 0 Å². The first-order valence-corrected chi connectivity index (χ1v) is 7.14. The van der Waals surface area contributed by atoms with Crippen molar-refractivity contribution in [1.82, 2.24) is 0 Å². The van der Waals surface area contributed by atoms with E-state index in [1.807, 2.05) is 36.4 Å². The van der Waals surface area contributed by atoms with Gasteiger partial charge in [0.05, 0.1) is 10.5 Å². The molecule has 0 saturated heterocycles. The summed E-state index contributed by atoms with van der Waals surface area (Å²) in [5.41, 5.74) is 3.13. The molecule has 0 aromatic heterocycles. The van der Waals surface area contributed by atoms with E-state index in [9.17, 15) is 10.1 Å². The summed E-state index contributed by atoms with van der Waals surface area (Å²) >= 11 is 6.38. The summed E-state index contributed by atoms with van der Waals surface area (Å²) in [6.07, 6.45) is 0. The van der Waals surface area contributed by atoms with E-state index in [1.54, 1.807) is 30.3 Å². The van der Waals surface area contributed by atoms with Crippen molar-refractivity contribution >= 4 is 17.3 Å². The lowest BCUT2D eigenvalue weighted by Crippen LogP contribution is -1.93. The first-order chi connectivity index (χ1) is 10.7. The average Bonchev–Trinajstić information content (AvgIpc) is 2.55. The summed E-state index contributed by atoms with van der Waals surface area (Å²) in [7, 11) is 0. The third-order valence-electron chi connectivity index (χ3n) is 3.47. The zero-order chi connectivity index (χ0) is 15.5. The van der Waals surface area contributed by atoms with Crippen LogP contribution >= 0.6 is 11.6 Å². The lowest BCUT2D eigenvalue weighted by atomic mass is 9.93. The second-order valence-corrected chi connectivity index (χ2v) is 5.21. The largest absolute Gasteiger partial charge is 0.277 e. The molecule has 0 heterocycles. The van der Waals surface area contributed by atoms with Crippen LogP contribution in [0.25, 0.3) is 22.3 Å². The maximum Gasteiger partial charge on any atom is 0.277 e. The molecule has 0 radical (unpaired) electrons. The van der Waals surface area contributed by atoms with Crippen molar-refractivity contribution in [3.05, 3.63) is 87.9 Å². The number of para-hydroxylation sites is 1. The van der Waals surface area contributed by atoms with Gasteiger partial charge in [0.25, 0.3) is 5.69 Å². The summed E-state index contributed by atoms with van der Waals surface area (Å²) in [5, 5.41) is 11.9. The smallest absolute Gasteiger partial charge is 0.258 e. The Kier molecular flexibility index (Phi) is 3.90. The number of benzene rings is 3. The van der Waals surface area contributed by atoms with Crippen LogP contribution in [0.3, 0.4) is 0 Å². The van der Waals surface area contributed by atoms with Gasteiger partial charge in [-0.25, -0.2) is 0 Å². The summed E-state index contributed by atoms with van der Waals surface area (Å²) in [6, 6.07) is 21.8. The van der Waals surface area contributed by atoms with Gasteiger partial charge in [-0.05, 0) is 23.3 Å². The number of nitro groups is 1. The Morgan fingerprint density at radius 1 is 0.773 bits per heavy atom. The molecule has 0 spiro atoms. The Balaban J connectivity index is 2.30. The molecule has 22 heavy (non-hydrogen) atoms. The van der Waals surface area contributed by atoms with E-state index in [0.29, 0.717) is 10.6 Å². The molecule has 0 unspecified atom stereocenters. The molecule has 108 valence electrons. The Hall–Kier alpha value is -2.65. The van der Waals surface area contributed by atoms with Crippen LogP contribution in [-0.4, -0.2) is 4.92 Å². The van der Waals surface area contributed by atoms with Crippen molar-refractivity contribution in [2.75, 3.05) is 0 Å². The van der Waals surface area contributed by atoms with Crippen LogP contribution in [-0.2, 0) is 0 Å². The monoisotopic (exact) mass is 309 g/mol. The normalized spacial score (nSPS) is 10.4. The van der Waals surface area contributed by atoms with Crippen molar-refractivity contribution in [2.24, 2.45) is 0 Å². The van der Waals surface area contributed by atoms with Crippen LogP contribution in [0, 0.1) is 10.1 Å². The van der Waals surface area contributed by atoms with Crippen molar-refractivity contribution < 1.29 is 4.92 Å². The van der Waals surface area contributed by atoms with Crippen molar-refractivity contribution in [3.8, 4) is 22.3 Å². The minimum Gasteiger partial charge on any atom is -0.258 e. The van der Waals surface area contributed by atoms with E-state index in [1.165, 1.54) is 6.07 Å². The molecule has 0 atom stereocenters. The molecule has 0 bridgehead atoms. The second-order valence-electron chi connectivity index (χ2n) is 4.80. The van der Waals surface area contributed by atoms with Gasteiger partial charge in [-0.15, -0.1) is 0 Å². The average molecular weight is 310 g/mol. The van der Waals surface area contributed by atoms with E-state index >= 15 is 0 Å². The Bertz CT molecular complexity index is 832. The topological polar surface area (TPSA) is 43.1 Å². The molecule has 3 rings (SSSR count). The Morgan fingerprint density at radius 2 is 1.41 bits per heavy atom. The Morgan fingerprint density at radius 3 is 2.14 bits per heavy atom. The first kappa shape index (κ1) is 14.3. The molecule has 3 aromatic carbocycles. The molecular formula is C18H12ClNO2. The minimum atomic E-state index is -0.370. The van der Waals surface area contributed by atoms with Crippen LogP contribution < -0.4 is 0 Å². The SMILES string of the molecule is O=[N+]([O-])c1ccccc1-c1cccc(Cl)c1-c1ccccc1. The quantitative estimate of drug-likeness (QED) is 0.468. The maximum absolute atomic E-state index is 11.3. The van der Waals surface area contributed by atoms with Crippen LogP contribution in [0.15, 0.2) is 72.8 Å². The molecule has 0 saturated carbocycles. The van der Waals surface area contributed by atoms with Crippen molar-refractivity contribution in [1.29, 1.82) is 0 Å². The number of nitro benzene ring substituents is 1. The number of hydrogen-bond donors (Lipinski definition) is 0. The molecular weight excluding hydrogens is 298 g/mol. The number of halogens is 1. The van der Waals surface area contributed by atoms with Gasteiger partial charge in [-0.2, -0.15) is 0 Å². The zero-order valence-corrected chi connectivity index (χ0v) is 12.3. The van der Waals surface area contributed by atoms with E-state index in [0.717, 1.165) is 16.7 Å². The number of rotatable bonds is 3. The molecule has 0 aliphatic carbocycles. The van der Waals surface area contributed by atoms with Crippen molar-refractivity contribution in [2.45, 2.75) is 0 Å². The molecule has 0 fully saturated rings. The summed E-state index contributed by atoms with van der Waals surface area (Å²) < 4.78 is 0. The van der Waals surface area contributed by atoms with Gasteiger partial charge in [0, 0.05) is 16.7 Å². The Labute approximate surface area is 133 Å². The highest BCUT2D eigenvalue weighted by atomic mass is 35.5. The van der Waals surface area contributed by atoms with E-state index in [2.05, 4.69) is 0 Å². The first-order valence-electron chi connectivity index (χ1n) is 6.76. The van der Waals surface area contributed by atoms with E-state index < -0.39 is 0 Å². The number of nitrogens with zero attached hydrogens (tertiary/aromatic N) is 1. The predicted octanol–water partition coefficient (Wildman–Crippen LogP) is 5.58. The molecule has 4 heteroatoms. The third-order valence-corrected chi connectivity index (χ3v) is 3.78. The van der Waals surface area contributed by atoms with Gasteiger partial charge in [0.15, 0.2) is 0 Å². The minimum absolute atomic E-state index is 0.0712. The van der Waals surface area contributed by atoms with Crippen molar-refractivity contribution in [3.63, 3.8) is 0 Å². The highest BCUT2D eigenvalue weighted by molar-refractivity contribution is 6.34. The second kappa shape index (κ2) is 6.00. The number of hydrogen-bond acceptors (Lipinski definition) is 2. The standard InChI is InChI=1S/C18H12ClNO2/c19-16-11-6-10-15(18(16)13-7-2-1-3-8-13)14-9-4-5-12-17(14)20(21)22/h1-12H. The van der Waals surface area contributed by atoms with Gasteiger partial charge in [-0.3, -0.25) is 10.1 Å².